The van der Waals surface area contributed by atoms with E-state index in [1.165, 1.54) is 0 Å². The van der Waals surface area contributed by atoms with Gasteiger partial charge in [0.2, 0.25) is 5.91 Å². The van der Waals surface area contributed by atoms with E-state index < -0.39 is 6.04 Å². The lowest BCUT2D eigenvalue weighted by Gasteiger charge is -2.24. The van der Waals surface area contributed by atoms with Crippen LogP contribution in [0, 0.1) is 0 Å². The van der Waals surface area contributed by atoms with Gasteiger partial charge < -0.3 is 15.5 Å². The van der Waals surface area contributed by atoms with Gasteiger partial charge in [-0.1, -0.05) is 35.5 Å². The molecule has 1 aromatic rings. The maximum Gasteiger partial charge on any atom is 0.279 e. The van der Waals surface area contributed by atoms with E-state index in [9.17, 15) is 9.59 Å². The maximum absolute atomic E-state index is 12.2. The van der Waals surface area contributed by atoms with Crippen LogP contribution in [0.2, 0.25) is 5.02 Å². The summed E-state index contributed by atoms with van der Waals surface area (Å²) in [5, 5.41) is 6.16. The van der Waals surface area contributed by atoms with Gasteiger partial charge in [-0.3, -0.25) is 9.59 Å². The number of hydrogen-bond donors (Lipinski definition) is 2. The normalized spacial score (nSPS) is 19.4. The van der Waals surface area contributed by atoms with Crippen LogP contribution in [0.5, 0.6) is 0 Å². The number of nitrogens with zero attached hydrogens (tertiary/aromatic N) is 1. The fourth-order valence-corrected chi connectivity index (χ4v) is 3.00. The Balaban J connectivity index is 2.07. The zero-order chi connectivity index (χ0) is 15.4. The van der Waals surface area contributed by atoms with Crippen LogP contribution in [0.15, 0.2) is 24.3 Å². The fourth-order valence-electron chi connectivity index (χ4n) is 2.09. The molecule has 1 fully saturated rings. The van der Waals surface area contributed by atoms with Crippen LogP contribution >= 0.6 is 23.4 Å². The predicted octanol–water partition coefficient (Wildman–Crippen LogP) is 1.88. The second kappa shape index (κ2) is 7.15. The SMILES string of the molecule is CN(C)C[C@@H](NC(=O)[C@@H]1CSC(=O)N1)c1ccc(Cl)cc1. The molecular formula is C14H18ClN3O2S. The topological polar surface area (TPSA) is 61.4 Å². The Hall–Kier alpha value is -1.24. The van der Waals surface area contributed by atoms with Gasteiger partial charge in [-0.05, 0) is 31.8 Å². The molecule has 0 bridgehead atoms. The zero-order valence-corrected chi connectivity index (χ0v) is 13.5. The van der Waals surface area contributed by atoms with E-state index in [-0.39, 0.29) is 17.2 Å². The molecule has 21 heavy (non-hydrogen) atoms. The van der Waals surface area contributed by atoms with Gasteiger partial charge in [0.25, 0.3) is 5.24 Å². The minimum Gasteiger partial charge on any atom is -0.346 e. The van der Waals surface area contributed by atoms with Crippen LogP contribution < -0.4 is 10.6 Å². The number of halogens is 1. The Bertz CT molecular complexity index is 521. The van der Waals surface area contributed by atoms with Crippen LogP contribution in [-0.4, -0.2) is 48.5 Å². The lowest BCUT2D eigenvalue weighted by Crippen LogP contribution is -2.46. The number of carbonyl (C=O) groups excluding carboxylic acids is 2. The van der Waals surface area contributed by atoms with Crippen molar-refractivity contribution in [2.45, 2.75) is 12.1 Å². The summed E-state index contributed by atoms with van der Waals surface area (Å²) >= 11 is 7.03. The number of amides is 2. The molecule has 1 saturated heterocycles. The third kappa shape index (κ3) is 4.62. The Morgan fingerprint density at radius 3 is 2.67 bits per heavy atom. The zero-order valence-electron chi connectivity index (χ0n) is 11.9. The van der Waals surface area contributed by atoms with Crippen LogP contribution in [0.25, 0.3) is 0 Å². The highest BCUT2D eigenvalue weighted by Crippen LogP contribution is 2.19. The third-order valence-electron chi connectivity index (χ3n) is 3.13. The Morgan fingerprint density at radius 2 is 2.14 bits per heavy atom. The number of likely N-dealkylation sites (N-methyl/N-ethyl adjacent to an activating group) is 1. The molecule has 7 heteroatoms. The van der Waals surface area contributed by atoms with Crippen LogP contribution in [0.3, 0.4) is 0 Å². The first-order valence-corrected chi connectivity index (χ1v) is 7.96. The molecule has 5 nitrogen and oxygen atoms in total. The second-order valence-electron chi connectivity index (χ2n) is 5.17. The molecule has 1 aliphatic heterocycles. The van der Waals surface area contributed by atoms with Crippen molar-refractivity contribution in [1.29, 1.82) is 0 Å². The van der Waals surface area contributed by atoms with Gasteiger partial charge >= 0.3 is 0 Å². The summed E-state index contributed by atoms with van der Waals surface area (Å²) in [4.78, 5) is 25.4. The lowest BCUT2D eigenvalue weighted by molar-refractivity contribution is -0.123. The number of nitrogens with one attached hydrogen (secondary N) is 2. The third-order valence-corrected chi connectivity index (χ3v) is 4.26. The van der Waals surface area contributed by atoms with Gasteiger partial charge in [-0.2, -0.15) is 0 Å². The van der Waals surface area contributed by atoms with Crippen molar-refractivity contribution < 1.29 is 9.59 Å². The van der Waals surface area contributed by atoms with E-state index in [2.05, 4.69) is 10.6 Å². The predicted molar refractivity (Wildman–Crippen MR) is 85.7 cm³/mol. The Labute approximate surface area is 133 Å². The average molecular weight is 328 g/mol. The molecule has 2 N–H and O–H groups in total. The van der Waals surface area contributed by atoms with Crippen LogP contribution in [0.1, 0.15) is 11.6 Å². The number of benzene rings is 1. The molecule has 0 aliphatic carbocycles. The first-order valence-electron chi connectivity index (χ1n) is 6.59. The van der Waals surface area contributed by atoms with Gasteiger partial charge in [-0.15, -0.1) is 0 Å². The monoisotopic (exact) mass is 327 g/mol. The summed E-state index contributed by atoms with van der Waals surface area (Å²) < 4.78 is 0. The highest BCUT2D eigenvalue weighted by atomic mass is 35.5. The second-order valence-corrected chi connectivity index (χ2v) is 6.60. The summed E-state index contributed by atoms with van der Waals surface area (Å²) in [5.41, 5.74) is 0.985. The Kier molecular flexibility index (Phi) is 5.50. The first-order chi connectivity index (χ1) is 9.95. The number of hydrogen-bond acceptors (Lipinski definition) is 4. The molecule has 0 aromatic heterocycles. The van der Waals surface area contributed by atoms with Crippen molar-refractivity contribution in [2.75, 3.05) is 26.4 Å². The summed E-state index contributed by atoms with van der Waals surface area (Å²) in [6.45, 7) is 0.668. The summed E-state index contributed by atoms with van der Waals surface area (Å²) in [6, 6.07) is 6.81. The first kappa shape index (κ1) is 16.1. The number of carbonyl (C=O) groups is 2. The highest BCUT2D eigenvalue weighted by Gasteiger charge is 2.29. The van der Waals surface area contributed by atoms with Crippen molar-refractivity contribution in [3.05, 3.63) is 34.9 Å². The molecule has 1 heterocycles. The molecule has 2 amide bonds. The van der Waals surface area contributed by atoms with E-state index in [1.54, 1.807) is 12.1 Å². The van der Waals surface area contributed by atoms with E-state index in [0.717, 1.165) is 17.3 Å². The maximum atomic E-state index is 12.2. The lowest BCUT2D eigenvalue weighted by atomic mass is 10.1. The van der Waals surface area contributed by atoms with Gasteiger partial charge in [0.1, 0.15) is 6.04 Å². The summed E-state index contributed by atoms with van der Waals surface area (Å²) in [6.07, 6.45) is 0. The highest BCUT2D eigenvalue weighted by molar-refractivity contribution is 8.14. The molecule has 0 spiro atoms. The van der Waals surface area contributed by atoms with Crippen LogP contribution in [-0.2, 0) is 4.79 Å². The van der Waals surface area contributed by atoms with Gasteiger partial charge in [0.05, 0.1) is 6.04 Å². The van der Waals surface area contributed by atoms with E-state index in [1.807, 2.05) is 31.1 Å². The minimum absolute atomic E-state index is 0.146. The molecule has 1 aromatic carbocycles. The van der Waals surface area contributed by atoms with Crippen molar-refractivity contribution >= 4 is 34.5 Å². The number of rotatable bonds is 5. The largest absolute Gasteiger partial charge is 0.346 e. The molecule has 0 unspecified atom stereocenters. The van der Waals surface area contributed by atoms with Gasteiger partial charge in [-0.25, -0.2) is 0 Å². The molecule has 1 aliphatic rings. The summed E-state index contributed by atoms with van der Waals surface area (Å²) in [5.74, 6) is 0.315. The quantitative estimate of drug-likeness (QED) is 0.867. The molecule has 0 saturated carbocycles. The molecule has 2 rings (SSSR count). The summed E-state index contributed by atoms with van der Waals surface area (Å²) in [7, 11) is 3.89. The standard InChI is InChI=1S/C14H18ClN3O2S/c1-18(2)7-11(9-3-5-10(15)6-4-9)16-13(19)12-8-21-14(20)17-12/h3-6,11-12H,7-8H2,1-2H3,(H,16,19)(H,17,20)/t11-,12+/m1/s1. The van der Waals surface area contributed by atoms with E-state index in [0.29, 0.717) is 17.3 Å². The molecule has 2 atom stereocenters. The van der Waals surface area contributed by atoms with Crippen molar-refractivity contribution in [1.82, 2.24) is 15.5 Å². The average Bonchev–Trinajstić information content (AvgIpc) is 2.85. The number of thioether (sulfide) groups is 1. The van der Waals surface area contributed by atoms with Crippen LogP contribution in [0.4, 0.5) is 4.79 Å². The van der Waals surface area contributed by atoms with E-state index >= 15 is 0 Å². The Morgan fingerprint density at radius 1 is 1.48 bits per heavy atom. The fraction of sp³-hybridized carbons (Fsp3) is 0.429. The molecule has 114 valence electrons. The van der Waals surface area contributed by atoms with Gasteiger partial charge in [0, 0.05) is 17.3 Å². The minimum atomic E-state index is -0.459. The molecular weight excluding hydrogens is 310 g/mol. The smallest absolute Gasteiger partial charge is 0.279 e. The van der Waals surface area contributed by atoms with Crippen molar-refractivity contribution in [3.63, 3.8) is 0 Å². The van der Waals surface area contributed by atoms with E-state index in [4.69, 9.17) is 11.6 Å². The van der Waals surface area contributed by atoms with Crippen molar-refractivity contribution in [2.24, 2.45) is 0 Å². The molecule has 0 radical (unpaired) electrons. The van der Waals surface area contributed by atoms with Gasteiger partial charge in [0.15, 0.2) is 0 Å². The van der Waals surface area contributed by atoms with Crippen molar-refractivity contribution in [3.8, 4) is 0 Å².